The van der Waals surface area contributed by atoms with Gasteiger partial charge < -0.3 is 9.47 Å². The van der Waals surface area contributed by atoms with Gasteiger partial charge in [0.2, 0.25) is 0 Å². The van der Waals surface area contributed by atoms with E-state index in [9.17, 15) is 4.79 Å². The number of hydrogen-bond acceptors (Lipinski definition) is 3. The van der Waals surface area contributed by atoms with E-state index in [0.717, 1.165) is 37.1 Å². The Morgan fingerprint density at radius 2 is 1.52 bits per heavy atom. The predicted molar refractivity (Wildman–Crippen MR) is 86.5 cm³/mol. The second-order valence-electron chi connectivity index (χ2n) is 6.78. The quantitative estimate of drug-likeness (QED) is 0.616. The molecule has 2 saturated carbocycles. The molecule has 2 fully saturated rings. The Labute approximate surface area is 141 Å². The third-order valence-electron chi connectivity index (χ3n) is 3.57. The smallest absolute Gasteiger partial charge is 0.419 e. The minimum absolute atomic E-state index is 0.316. The molecule has 0 saturated heterocycles. The van der Waals surface area contributed by atoms with Crippen molar-refractivity contribution in [3.05, 3.63) is 20.7 Å². The minimum Gasteiger partial charge on any atom is -0.443 e. The zero-order valence-corrected chi connectivity index (χ0v) is 15.6. The molecule has 0 atom stereocenters. The molecule has 2 aliphatic carbocycles. The third-order valence-corrected chi connectivity index (χ3v) is 4.70. The van der Waals surface area contributed by atoms with Crippen molar-refractivity contribution in [3.63, 3.8) is 0 Å². The van der Waals surface area contributed by atoms with Gasteiger partial charge >= 0.3 is 6.09 Å². The van der Waals surface area contributed by atoms with Crippen LogP contribution in [0.25, 0.3) is 0 Å². The van der Waals surface area contributed by atoms with Gasteiger partial charge in [-0.2, -0.15) is 0 Å². The van der Waals surface area contributed by atoms with Crippen molar-refractivity contribution >= 4 is 38.0 Å². The van der Waals surface area contributed by atoms with Gasteiger partial charge in [0.15, 0.2) is 9.34 Å². The summed E-state index contributed by atoms with van der Waals surface area (Å²) in [6.45, 7) is 5.66. The molecule has 0 unspecified atom stereocenters. The highest BCUT2D eigenvalue weighted by Crippen LogP contribution is 2.52. The fraction of sp³-hybridized carbons (Fsp3) is 0.667. The van der Waals surface area contributed by atoms with Gasteiger partial charge in [-0.05, 0) is 78.3 Å². The highest BCUT2D eigenvalue weighted by atomic mass is 79.9. The van der Waals surface area contributed by atoms with Crippen molar-refractivity contribution in [1.82, 2.24) is 4.90 Å². The van der Waals surface area contributed by atoms with Gasteiger partial charge in [-0.1, -0.05) is 0 Å². The van der Waals surface area contributed by atoms with Crippen LogP contribution >= 0.6 is 31.9 Å². The number of halogens is 2. The zero-order valence-electron chi connectivity index (χ0n) is 12.4. The minimum atomic E-state index is -0.516. The maximum absolute atomic E-state index is 12.7. The molecule has 3 aliphatic rings. The van der Waals surface area contributed by atoms with Crippen LogP contribution in [0.3, 0.4) is 0 Å². The topological polar surface area (TPSA) is 38.8 Å². The van der Waals surface area contributed by atoms with E-state index in [1.165, 1.54) is 0 Å². The molecule has 1 heterocycles. The molecule has 4 nitrogen and oxygen atoms in total. The molecule has 0 aromatic carbocycles. The highest BCUT2D eigenvalue weighted by Gasteiger charge is 2.46. The number of rotatable bonds is 2. The number of amides is 1. The van der Waals surface area contributed by atoms with E-state index in [2.05, 4.69) is 31.9 Å². The average molecular weight is 421 g/mol. The Morgan fingerprint density at radius 1 is 1.10 bits per heavy atom. The van der Waals surface area contributed by atoms with Crippen molar-refractivity contribution < 1.29 is 14.3 Å². The van der Waals surface area contributed by atoms with Crippen molar-refractivity contribution in [2.75, 3.05) is 0 Å². The molecule has 21 heavy (non-hydrogen) atoms. The Balaban J connectivity index is 1.96. The van der Waals surface area contributed by atoms with Gasteiger partial charge in [-0.25, -0.2) is 9.69 Å². The first kappa shape index (κ1) is 15.4. The van der Waals surface area contributed by atoms with E-state index < -0.39 is 5.60 Å². The molecule has 116 valence electrons. The molecule has 1 aliphatic heterocycles. The first-order valence-corrected chi connectivity index (χ1v) is 8.87. The number of carbonyl (C=O) groups excluding carboxylic acids is 1. The van der Waals surface area contributed by atoms with Crippen molar-refractivity contribution in [1.29, 1.82) is 0 Å². The summed E-state index contributed by atoms with van der Waals surface area (Å²) >= 11 is 6.93. The Morgan fingerprint density at radius 3 is 1.86 bits per heavy atom. The molecular formula is C15H19Br2NO3. The maximum atomic E-state index is 12.7. The number of hydrogen-bond donors (Lipinski definition) is 0. The maximum Gasteiger partial charge on any atom is 0.419 e. The number of nitrogens with zero attached hydrogens (tertiary/aromatic N) is 1. The molecule has 3 rings (SSSR count). The van der Waals surface area contributed by atoms with Crippen LogP contribution in [0.5, 0.6) is 0 Å². The second-order valence-corrected chi connectivity index (χ2v) is 8.22. The molecule has 0 aromatic rings. The predicted octanol–water partition coefficient (Wildman–Crippen LogP) is 5.20. The Hall–Kier alpha value is -0.490. The lowest BCUT2D eigenvalue weighted by atomic mass is 10.2. The fourth-order valence-corrected chi connectivity index (χ4v) is 3.94. The lowest BCUT2D eigenvalue weighted by Crippen LogP contribution is -2.39. The largest absolute Gasteiger partial charge is 0.443 e. The zero-order chi connectivity index (χ0) is 15.4. The van der Waals surface area contributed by atoms with Crippen LogP contribution in [-0.4, -0.2) is 16.6 Å². The van der Waals surface area contributed by atoms with Gasteiger partial charge in [0.25, 0.3) is 0 Å². The lowest BCUT2D eigenvalue weighted by Gasteiger charge is -2.34. The van der Waals surface area contributed by atoms with Gasteiger partial charge in [-0.15, -0.1) is 0 Å². The Bertz CT molecular complexity index is 506. The van der Waals surface area contributed by atoms with Crippen LogP contribution in [0.4, 0.5) is 4.79 Å². The number of allylic oxidation sites excluding steroid dienone is 2. The first-order valence-electron chi connectivity index (χ1n) is 7.28. The summed E-state index contributed by atoms with van der Waals surface area (Å²) in [4.78, 5) is 14.5. The van der Waals surface area contributed by atoms with Crippen LogP contribution < -0.4 is 0 Å². The first-order chi connectivity index (χ1) is 9.78. The van der Waals surface area contributed by atoms with Crippen LogP contribution in [0.2, 0.25) is 0 Å². The molecule has 6 heteroatoms. The van der Waals surface area contributed by atoms with Crippen LogP contribution in [0, 0.1) is 11.8 Å². The molecule has 0 N–H and O–H groups in total. The monoisotopic (exact) mass is 419 g/mol. The van der Waals surface area contributed by atoms with Gasteiger partial charge in [0.05, 0.1) is 11.4 Å². The van der Waals surface area contributed by atoms with Crippen molar-refractivity contribution in [2.45, 2.75) is 52.1 Å². The Kier molecular flexibility index (Phi) is 3.89. The summed E-state index contributed by atoms with van der Waals surface area (Å²) in [6.07, 6.45) is 4.03. The van der Waals surface area contributed by atoms with E-state index in [1.54, 1.807) is 4.90 Å². The van der Waals surface area contributed by atoms with Gasteiger partial charge in [0.1, 0.15) is 5.60 Å². The number of ether oxygens (including phenoxy) is 2. The van der Waals surface area contributed by atoms with E-state index in [1.807, 2.05) is 20.8 Å². The molecular weight excluding hydrogens is 402 g/mol. The van der Waals surface area contributed by atoms with E-state index in [0.29, 0.717) is 21.2 Å². The molecule has 1 amide bonds. The molecule has 0 bridgehead atoms. The number of carbonyl (C=O) groups is 1. The lowest BCUT2D eigenvalue weighted by molar-refractivity contribution is 0.0323. The third kappa shape index (κ3) is 3.31. The summed E-state index contributed by atoms with van der Waals surface area (Å²) < 4.78 is 12.6. The molecule has 0 aromatic heterocycles. The summed E-state index contributed by atoms with van der Waals surface area (Å²) in [6, 6.07) is 0. The van der Waals surface area contributed by atoms with E-state index >= 15 is 0 Å². The SMILES string of the molecule is CC(C)(C)OC(=O)N1C(C2CC2)=C(Br)OC(Br)=C1C1CC1. The van der Waals surface area contributed by atoms with Crippen molar-refractivity contribution in [2.24, 2.45) is 11.8 Å². The normalized spacial score (nSPS) is 23.4. The van der Waals surface area contributed by atoms with Crippen LogP contribution in [-0.2, 0) is 9.47 Å². The van der Waals surface area contributed by atoms with Gasteiger partial charge in [-0.3, -0.25) is 0 Å². The summed E-state index contributed by atoms with van der Waals surface area (Å²) in [5, 5.41) is 0. The molecule has 0 radical (unpaired) electrons. The van der Waals surface area contributed by atoms with Gasteiger partial charge in [0, 0.05) is 11.8 Å². The average Bonchev–Trinajstić information content (AvgIpc) is 3.19. The molecule has 0 spiro atoms. The summed E-state index contributed by atoms with van der Waals surface area (Å²) in [5.74, 6) is 0.752. The van der Waals surface area contributed by atoms with Crippen LogP contribution in [0.1, 0.15) is 46.5 Å². The van der Waals surface area contributed by atoms with E-state index in [-0.39, 0.29) is 6.09 Å². The van der Waals surface area contributed by atoms with E-state index in [4.69, 9.17) is 9.47 Å². The highest BCUT2D eigenvalue weighted by molar-refractivity contribution is 9.12. The van der Waals surface area contributed by atoms with Crippen LogP contribution in [0.15, 0.2) is 20.7 Å². The fourth-order valence-electron chi connectivity index (χ4n) is 2.39. The van der Waals surface area contributed by atoms with Crippen molar-refractivity contribution in [3.8, 4) is 0 Å². The summed E-state index contributed by atoms with van der Waals surface area (Å²) in [7, 11) is 0. The standard InChI is InChI=1S/C15H19Br2NO3/c1-15(2,3)21-14(19)18-10(8-4-5-8)12(16)20-13(17)11(18)9-6-7-9/h8-9H,4-7H2,1-3H3. The second kappa shape index (κ2) is 5.30. The summed E-state index contributed by atoms with van der Waals surface area (Å²) in [5.41, 5.74) is 1.31.